The summed E-state index contributed by atoms with van der Waals surface area (Å²) in [4.78, 5) is 24.3. The second-order valence-electron chi connectivity index (χ2n) is 7.39. The molecule has 0 aliphatic carbocycles. The molecule has 1 aromatic heterocycles. The molecule has 0 spiro atoms. The number of carbonyl (C=O) groups is 1. The number of anilines is 2. The summed E-state index contributed by atoms with van der Waals surface area (Å²) >= 11 is 0. The van der Waals surface area contributed by atoms with Crippen LogP contribution in [-0.2, 0) is 14.8 Å². The molecule has 30 heavy (non-hydrogen) atoms. The number of benzene rings is 1. The van der Waals surface area contributed by atoms with Crippen LogP contribution in [0.3, 0.4) is 0 Å². The summed E-state index contributed by atoms with van der Waals surface area (Å²) in [5, 5.41) is 0. The number of rotatable bonds is 5. The van der Waals surface area contributed by atoms with Crippen molar-refractivity contribution in [3.05, 3.63) is 36.3 Å². The van der Waals surface area contributed by atoms with Crippen LogP contribution in [0.2, 0.25) is 0 Å². The third-order valence-corrected chi connectivity index (χ3v) is 7.42. The average molecular weight is 432 g/mol. The van der Waals surface area contributed by atoms with E-state index in [1.807, 2.05) is 13.0 Å². The van der Waals surface area contributed by atoms with E-state index in [-0.39, 0.29) is 16.6 Å². The maximum atomic E-state index is 13.4. The smallest absolute Gasteiger partial charge is 0.246 e. The SMILES string of the molecule is COc1ccc(N2CCCC2=O)cc1S(=O)(=O)N1CCN(c2cc(C)ncn2)CC1. The number of hydrogen-bond donors (Lipinski definition) is 0. The minimum atomic E-state index is -3.78. The highest BCUT2D eigenvalue weighted by molar-refractivity contribution is 7.89. The zero-order valence-corrected chi connectivity index (χ0v) is 17.9. The molecule has 0 saturated carbocycles. The molecule has 0 bridgehead atoms. The molecule has 4 rings (SSSR count). The van der Waals surface area contributed by atoms with E-state index in [1.54, 1.807) is 23.1 Å². The molecule has 1 amide bonds. The molecule has 2 aliphatic rings. The quantitative estimate of drug-likeness (QED) is 0.707. The number of aromatic nitrogens is 2. The van der Waals surface area contributed by atoms with E-state index in [4.69, 9.17) is 4.74 Å². The Morgan fingerprint density at radius 3 is 2.43 bits per heavy atom. The van der Waals surface area contributed by atoms with Crippen LogP contribution in [0.1, 0.15) is 18.5 Å². The molecule has 9 nitrogen and oxygen atoms in total. The van der Waals surface area contributed by atoms with Gasteiger partial charge < -0.3 is 14.5 Å². The Labute approximate surface area is 176 Å². The molecule has 10 heteroatoms. The fourth-order valence-electron chi connectivity index (χ4n) is 3.87. The number of methoxy groups -OCH3 is 1. The Kier molecular flexibility index (Phi) is 5.61. The molecular weight excluding hydrogens is 406 g/mol. The lowest BCUT2D eigenvalue weighted by molar-refractivity contribution is -0.117. The number of carbonyl (C=O) groups excluding carboxylic acids is 1. The van der Waals surface area contributed by atoms with Gasteiger partial charge in [0.15, 0.2) is 0 Å². The van der Waals surface area contributed by atoms with Gasteiger partial charge in [-0.2, -0.15) is 4.31 Å². The Balaban J connectivity index is 1.57. The standard InChI is InChI=1S/C20H25N5O4S/c1-15-12-19(22-14-21-15)23-8-10-24(11-9-23)30(27,28)18-13-16(5-6-17(18)29-2)25-7-3-4-20(25)26/h5-6,12-14H,3-4,7-11H2,1-2H3. The van der Waals surface area contributed by atoms with Gasteiger partial charge in [0, 0.05) is 56.6 Å². The van der Waals surface area contributed by atoms with Crippen molar-refractivity contribution in [1.29, 1.82) is 0 Å². The first-order valence-electron chi connectivity index (χ1n) is 9.92. The van der Waals surface area contributed by atoms with E-state index < -0.39 is 10.0 Å². The van der Waals surface area contributed by atoms with E-state index in [0.717, 1.165) is 17.9 Å². The summed E-state index contributed by atoms with van der Waals surface area (Å²) in [5.41, 5.74) is 1.46. The van der Waals surface area contributed by atoms with Crippen LogP contribution in [0.15, 0.2) is 35.5 Å². The van der Waals surface area contributed by atoms with Crippen LogP contribution in [0, 0.1) is 6.92 Å². The first-order valence-corrected chi connectivity index (χ1v) is 11.4. The van der Waals surface area contributed by atoms with Crippen molar-refractivity contribution in [2.24, 2.45) is 0 Å². The van der Waals surface area contributed by atoms with Gasteiger partial charge in [-0.3, -0.25) is 4.79 Å². The van der Waals surface area contributed by atoms with Crippen molar-refractivity contribution in [3.8, 4) is 5.75 Å². The van der Waals surface area contributed by atoms with Crippen LogP contribution in [0.5, 0.6) is 5.75 Å². The Morgan fingerprint density at radius 2 is 1.80 bits per heavy atom. The van der Waals surface area contributed by atoms with Crippen molar-refractivity contribution in [2.45, 2.75) is 24.7 Å². The molecule has 3 heterocycles. The van der Waals surface area contributed by atoms with Gasteiger partial charge in [0.1, 0.15) is 22.8 Å². The summed E-state index contributed by atoms with van der Waals surface area (Å²) < 4.78 is 33.6. The minimum absolute atomic E-state index is 0.0114. The Morgan fingerprint density at radius 1 is 1.03 bits per heavy atom. The summed E-state index contributed by atoms with van der Waals surface area (Å²) in [6, 6.07) is 6.80. The predicted octanol–water partition coefficient (Wildman–Crippen LogP) is 1.43. The van der Waals surface area contributed by atoms with Crippen LogP contribution >= 0.6 is 0 Å². The van der Waals surface area contributed by atoms with Crippen LogP contribution in [-0.4, -0.2) is 68.4 Å². The first kappa shape index (κ1) is 20.5. The van der Waals surface area contributed by atoms with Gasteiger partial charge in [-0.1, -0.05) is 0 Å². The number of aryl methyl sites for hydroxylation is 1. The Bertz CT molecular complexity index is 1050. The molecule has 2 aromatic rings. The third kappa shape index (κ3) is 3.84. The van der Waals surface area contributed by atoms with Crippen molar-refractivity contribution in [1.82, 2.24) is 14.3 Å². The molecular formula is C20H25N5O4S. The summed E-state index contributed by atoms with van der Waals surface area (Å²) in [7, 11) is -2.33. The molecule has 2 saturated heterocycles. The number of sulfonamides is 1. The zero-order chi connectivity index (χ0) is 21.3. The number of amides is 1. The highest BCUT2D eigenvalue weighted by Crippen LogP contribution is 2.33. The first-order chi connectivity index (χ1) is 14.4. The second-order valence-corrected chi connectivity index (χ2v) is 9.30. The zero-order valence-electron chi connectivity index (χ0n) is 17.1. The van der Waals surface area contributed by atoms with E-state index >= 15 is 0 Å². The van der Waals surface area contributed by atoms with Gasteiger partial charge in [-0.15, -0.1) is 0 Å². The van der Waals surface area contributed by atoms with Crippen molar-refractivity contribution >= 4 is 27.4 Å². The van der Waals surface area contributed by atoms with Gasteiger partial charge >= 0.3 is 0 Å². The van der Waals surface area contributed by atoms with Crippen molar-refractivity contribution in [3.63, 3.8) is 0 Å². The van der Waals surface area contributed by atoms with Crippen molar-refractivity contribution < 1.29 is 17.9 Å². The molecule has 2 aliphatic heterocycles. The Hall–Kier alpha value is -2.72. The van der Waals surface area contributed by atoms with Crippen LogP contribution in [0.25, 0.3) is 0 Å². The molecule has 0 atom stereocenters. The van der Waals surface area contributed by atoms with Crippen molar-refractivity contribution in [2.75, 3.05) is 49.6 Å². The third-order valence-electron chi connectivity index (χ3n) is 5.50. The summed E-state index contributed by atoms with van der Waals surface area (Å²) in [6.45, 7) is 4.23. The maximum Gasteiger partial charge on any atom is 0.246 e. The summed E-state index contributed by atoms with van der Waals surface area (Å²) in [6.07, 6.45) is 2.78. The van der Waals surface area contributed by atoms with Gasteiger partial charge in [0.05, 0.1) is 7.11 Å². The topological polar surface area (TPSA) is 95.9 Å². The monoisotopic (exact) mass is 431 g/mol. The second kappa shape index (κ2) is 8.19. The van der Waals surface area contributed by atoms with Gasteiger partial charge in [0.2, 0.25) is 15.9 Å². The van der Waals surface area contributed by atoms with Crippen LogP contribution in [0.4, 0.5) is 11.5 Å². The predicted molar refractivity (Wildman–Crippen MR) is 112 cm³/mol. The molecule has 0 N–H and O–H groups in total. The van der Waals surface area contributed by atoms with E-state index in [2.05, 4.69) is 14.9 Å². The van der Waals surface area contributed by atoms with E-state index in [9.17, 15) is 13.2 Å². The number of nitrogens with zero attached hydrogens (tertiary/aromatic N) is 5. The number of piperazine rings is 1. The largest absolute Gasteiger partial charge is 0.495 e. The lowest BCUT2D eigenvalue weighted by atomic mass is 10.3. The average Bonchev–Trinajstić information content (AvgIpc) is 3.19. The lowest BCUT2D eigenvalue weighted by Crippen LogP contribution is -2.49. The number of ether oxygens (including phenoxy) is 1. The highest BCUT2D eigenvalue weighted by atomic mass is 32.2. The maximum absolute atomic E-state index is 13.4. The number of hydrogen-bond acceptors (Lipinski definition) is 7. The molecule has 160 valence electrons. The molecule has 0 radical (unpaired) electrons. The van der Waals surface area contributed by atoms with Gasteiger partial charge in [0.25, 0.3) is 0 Å². The molecule has 0 unspecified atom stereocenters. The summed E-state index contributed by atoms with van der Waals surface area (Å²) in [5.74, 6) is 1.09. The molecule has 2 fully saturated rings. The van der Waals surface area contributed by atoms with Crippen LogP contribution < -0.4 is 14.5 Å². The van der Waals surface area contributed by atoms with Gasteiger partial charge in [-0.25, -0.2) is 18.4 Å². The lowest BCUT2D eigenvalue weighted by Gasteiger charge is -2.35. The minimum Gasteiger partial charge on any atom is -0.495 e. The van der Waals surface area contributed by atoms with E-state index in [0.29, 0.717) is 44.8 Å². The fraction of sp³-hybridized carbons (Fsp3) is 0.450. The fourth-order valence-corrected chi connectivity index (χ4v) is 5.46. The normalized spacial score (nSPS) is 18.1. The van der Waals surface area contributed by atoms with Gasteiger partial charge in [-0.05, 0) is 31.5 Å². The van der Waals surface area contributed by atoms with E-state index in [1.165, 1.54) is 17.7 Å². The highest BCUT2D eigenvalue weighted by Gasteiger charge is 2.32. The molecule has 1 aromatic carbocycles.